The van der Waals surface area contributed by atoms with Crippen molar-refractivity contribution in [1.29, 1.82) is 0 Å². The minimum atomic E-state index is -0.655. The molecule has 0 bridgehead atoms. The van der Waals surface area contributed by atoms with Crippen molar-refractivity contribution in [2.75, 3.05) is 6.61 Å². The van der Waals surface area contributed by atoms with Crippen LogP contribution in [0.25, 0.3) is 11.1 Å². The second-order valence-corrected chi connectivity index (χ2v) is 11.1. The Morgan fingerprint density at radius 1 is 0.895 bits per heavy atom. The number of benzene rings is 3. The van der Waals surface area contributed by atoms with Gasteiger partial charge in [-0.2, -0.15) is 0 Å². The number of hydrogen-bond donors (Lipinski definition) is 0. The number of hydrogen-bond acceptors (Lipinski definition) is 3. The van der Waals surface area contributed by atoms with E-state index in [-0.39, 0.29) is 38.0 Å². The van der Waals surface area contributed by atoms with Gasteiger partial charge in [-0.05, 0) is 54.8 Å². The summed E-state index contributed by atoms with van der Waals surface area (Å²) in [4.78, 5) is 13.1. The number of fused-ring (bicyclic) bond motifs is 1. The lowest BCUT2D eigenvalue weighted by Crippen LogP contribution is -2.27. The Morgan fingerprint density at radius 3 is 2.32 bits per heavy atom. The van der Waals surface area contributed by atoms with Crippen molar-refractivity contribution in [2.24, 2.45) is 0 Å². The van der Waals surface area contributed by atoms with Gasteiger partial charge in [-0.3, -0.25) is 9.48 Å². The van der Waals surface area contributed by atoms with Gasteiger partial charge in [0, 0.05) is 29.1 Å². The highest BCUT2D eigenvalue weighted by Crippen LogP contribution is 2.40. The summed E-state index contributed by atoms with van der Waals surface area (Å²) in [6.07, 6.45) is 1.76. The molecule has 0 saturated heterocycles. The van der Waals surface area contributed by atoms with Crippen molar-refractivity contribution >= 4 is 34.8 Å². The number of ether oxygens (including phenoxy) is 2. The van der Waals surface area contributed by atoms with E-state index in [4.69, 9.17) is 44.3 Å². The maximum absolute atomic E-state index is 15.1. The summed E-state index contributed by atoms with van der Waals surface area (Å²) >= 11 is 19.1. The van der Waals surface area contributed by atoms with E-state index < -0.39 is 5.82 Å². The molecule has 0 spiro atoms. The smallest absolute Gasteiger partial charge is 0.276 e. The SMILES string of the molecule is CC(C)(COc1ccccc1Oc1cc(-c2c(Cl)n3n(c2=O)CCCC3)c(F)cc1Cl)c1cccc(Cl)c1. The van der Waals surface area contributed by atoms with Crippen LogP contribution in [0.2, 0.25) is 15.2 Å². The van der Waals surface area contributed by atoms with Gasteiger partial charge in [0.25, 0.3) is 5.56 Å². The number of halogens is 4. The molecule has 2 heterocycles. The third kappa shape index (κ3) is 5.18. The second-order valence-electron chi connectivity index (χ2n) is 9.92. The summed E-state index contributed by atoms with van der Waals surface area (Å²) in [7, 11) is 0. The van der Waals surface area contributed by atoms with E-state index in [0.717, 1.165) is 24.5 Å². The summed E-state index contributed by atoms with van der Waals surface area (Å²) in [5.74, 6) is 0.408. The van der Waals surface area contributed by atoms with E-state index in [1.807, 2.05) is 30.3 Å². The third-order valence-electron chi connectivity index (χ3n) is 6.72. The molecule has 5 rings (SSSR count). The van der Waals surface area contributed by atoms with Crippen LogP contribution in [0.3, 0.4) is 0 Å². The average molecular weight is 576 g/mol. The molecule has 3 aromatic carbocycles. The Bertz CT molecular complexity index is 1560. The van der Waals surface area contributed by atoms with Crippen molar-refractivity contribution in [3.8, 4) is 28.4 Å². The second kappa shape index (κ2) is 10.7. The van der Waals surface area contributed by atoms with E-state index in [2.05, 4.69) is 13.8 Å². The number of nitrogens with zero attached hydrogens (tertiary/aromatic N) is 2. The standard InChI is InChI=1S/C29H26Cl3FN2O3/c1-29(2,18-8-7-9-19(30)14-18)17-37-23-10-3-4-11-24(23)38-25-15-20(22(33)16-21(25)31)26-27(32)34-12-5-6-13-35(34)28(26)36/h3-4,7-11,14-16H,5-6,12-13,17H2,1-2H3. The van der Waals surface area contributed by atoms with Crippen LogP contribution < -0.4 is 15.0 Å². The predicted octanol–water partition coefficient (Wildman–Crippen LogP) is 8.36. The molecule has 0 saturated carbocycles. The van der Waals surface area contributed by atoms with Crippen LogP contribution in [0.5, 0.6) is 17.2 Å². The van der Waals surface area contributed by atoms with Crippen LogP contribution in [0.1, 0.15) is 32.3 Å². The Morgan fingerprint density at radius 2 is 1.61 bits per heavy atom. The van der Waals surface area contributed by atoms with E-state index in [0.29, 0.717) is 36.2 Å². The van der Waals surface area contributed by atoms with Crippen LogP contribution in [0.4, 0.5) is 4.39 Å². The molecule has 1 aliphatic rings. The van der Waals surface area contributed by atoms with Crippen molar-refractivity contribution in [2.45, 2.75) is 45.2 Å². The van der Waals surface area contributed by atoms with Gasteiger partial charge < -0.3 is 9.47 Å². The molecule has 0 unspecified atom stereocenters. The fourth-order valence-electron chi connectivity index (χ4n) is 4.57. The zero-order valence-corrected chi connectivity index (χ0v) is 23.2. The molecule has 9 heteroatoms. The minimum Gasteiger partial charge on any atom is -0.489 e. The fourth-order valence-corrected chi connectivity index (χ4v) is 5.31. The molecule has 5 nitrogen and oxygen atoms in total. The van der Waals surface area contributed by atoms with Gasteiger partial charge in [0.1, 0.15) is 16.7 Å². The summed E-state index contributed by atoms with van der Waals surface area (Å²) in [6.45, 7) is 5.60. The highest BCUT2D eigenvalue weighted by atomic mass is 35.5. The van der Waals surface area contributed by atoms with Gasteiger partial charge >= 0.3 is 0 Å². The Balaban J connectivity index is 1.45. The van der Waals surface area contributed by atoms with Crippen molar-refractivity contribution < 1.29 is 13.9 Å². The average Bonchev–Trinajstić information content (AvgIpc) is 3.15. The lowest BCUT2D eigenvalue weighted by atomic mass is 9.85. The van der Waals surface area contributed by atoms with Crippen molar-refractivity contribution in [3.63, 3.8) is 0 Å². The van der Waals surface area contributed by atoms with Crippen LogP contribution in [-0.2, 0) is 18.5 Å². The van der Waals surface area contributed by atoms with Crippen molar-refractivity contribution in [3.05, 3.63) is 97.6 Å². The molecular weight excluding hydrogens is 550 g/mol. The van der Waals surface area contributed by atoms with Crippen LogP contribution in [-0.4, -0.2) is 16.0 Å². The maximum Gasteiger partial charge on any atom is 0.276 e. The molecule has 0 atom stereocenters. The first kappa shape index (κ1) is 26.7. The number of rotatable bonds is 7. The lowest BCUT2D eigenvalue weighted by Gasteiger charge is -2.26. The minimum absolute atomic E-state index is 0.0364. The molecule has 38 heavy (non-hydrogen) atoms. The van der Waals surface area contributed by atoms with Gasteiger partial charge in [0.05, 0.1) is 17.2 Å². The predicted molar refractivity (Wildman–Crippen MR) is 150 cm³/mol. The molecule has 198 valence electrons. The van der Waals surface area contributed by atoms with E-state index in [1.165, 1.54) is 6.07 Å². The number of aromatic nitrogens is 2. The highest BCUT2D eigenvalue weighted by Gasteiger charge is 2.26. The van der Waals surface area contributed by atoms with Gasteiger partial charge in [-0.15, -0.1) is 0 Å². The molecule has 0 amide bonds. The third-order valence-corrected chi connectivity index (χ3v) is 7.63. The van der Waals surface area contributed by atoms with Crippen LogP contribution in [0.15, 0.2) is 65.5 Å². The van der Waals surface area contributed by atoms with Crippen molar-refractivity contribution in [1.82, 2.24) is 9.36 Å². The Labute approximate surface area is 235 Å². The Kier molecular flexibility index (Phi) is 7.49. The number of para-hydroxylation sites is 2. The molecule has 1 aromatic heterocycles. The van der Waals surface area contributed by atoms with E-state index in [9.17, 15) is 4.79 Å². The first-order valence-corrected chi connectivity index (χ1v) is 13.4. The molecule has 4 aromatic rings. The van der Waals surface area contributed by atoms with Crippen LogP contribution >= 0.6 is 34.8 Å². The molecule has 0 N–H and O–H groups in total. The van der Waals surface area contributed by atoms with Gasteiger partial charge in [-0.1, -0.05) is 72.9 Å². The summed E-state index contributed by atoms with van der Waals surface area (Å²) in [6, 6.07) is 17.4. The fraction of sp³-hybridized carbons (Fsp3) is 0.276. The van der Waals surface area contributed by atoms with E-state index in [1.54, 1.807) is 27.6 Å². The first-order chi connectivity index (χ1) is 18.2. The van der Waals surface area contributed by atoms with Gasteiger partial charge in [0.15, 0.2) is 11.5 Å². The molecule has 0 radical (unpaired) electrons. The molecule has 1 aliphatic heterocycles. The molecule has 0 aliphatic carbocycles. The zero-order valence-electron chi connectivity index (χ0n) is 20.9. The quantitative estimate of drug-likeness (QED) is 0.222. The lowest BCUT2D eigenvalue weighted by molar-refractivity contribution is 0.233. The molecule has 0 fully saturated rings. The topological polar surface area (TPSA) is 45.4 Å². The highest BCUT2D eigenvalue weighted by molar-refractivity contribution is 6.33. The molecular formula is C29H26Cl3FN2O3. The van der Waals surface area contributed by atoms with Crippen LogP contribution in [0, 0.1) is 5.82 Å². The first-order valence-electron chi connectivity index (χ1n) is 12.3. The maximum atomic E-state index is 15.1. The Hall–Kier alpha value is -2.93. The normalized spacial score (nSPS) is 13.3. The summed E-state index contributed by atoms with van der Waals surface area (Å²) in [5.41, 5.74) is 0.489. The van der Waals surface area contributed by atoms with Gasteiger partial charge in [0.2, 0.25) is 0 Å². The monoisotopic (exact) mass is 574 g/mol. The largest absolute Gasteiger partial charge is 0.489 e. The van der Waals surface area contributed by atoms with Gasteiger partial charge in [-0.25, -0.2) is 9.07 Å². The van der Waals surface area contributed by atoms with E-state index >= 15 is 4.39 Å². The summed E-state index contributed by atoms with van der Waals surface area (Å²) < 4.78 is 30.7. The summed E-state index contributed by atoms with van der Waals surface area (Å²) in [5, 5.41) is 0.916. The zero-order chi connectivity index (χ0) is 27.0.